The number of rotatable bonds is 7. The molecule has 0 aromatic heterocycles. The normalized spacial score (nSPS) is 13.3. The van der Waals surface area contributed by atoms with Gasteiger partial charge >= 0.3 is 0 Å². The maximum absolute atomic E-state index is 10.5. The van der Waals surface area contributed by atoms with Gasteiger partial charge in [-0.1, -0.05) is 12.8 Å². The SMILES string of the molecule is C[PH](=O)OCCCCCCS. The molecule has 0 bridgehead atoms. The van der Waals surface area contributed by atoms with Crippen LogP contribution in [-0.4, -0.2) is 19.0 Å². The van der Waals surface area contributed by atoms with Crippen molar-refractivity contribution in [3.05, 3.63) is 0 Å². The Labute approximate surface area is 75.0 Å². The second kappa shape index (κ2) is 8.63. The zero-order chi connectivity index (χ0) is 8.53. The summed E-state index contributed by atoms with van der Waals surface area (Å²) in [6.45, 7) is 2.28. The molecule has 68 valence electrons. The second-order valence-corrected chi connectivity index (χ2v) is 4.20. The summed E-state index contributed by atoms with van der Waals surface area (Å²) in [5, 5.41) is 0. The summed E-state index contributed by atoms with van der Waals surface area (Å²) < 4.78 is 15.4. The van der Waals surface area contributed by atoms with E-state index in [4.69, 9.17) is 4.52 Å². The fraction of sp³-hybridized carbons (Fsp3) is 1.00. The van der Waals surface area contributed by atoms with Crippen molar-refractivity contribution in [3.8, 4) is 0 Å². The molecule has 0 aromatic carbocycles. The Bertz CT molecular complexity index is 109. The van der Waals surface area contributed by atoms with Gasteiger partial charge in [0.25, 0.3) is 0 Å². The lowest BCUT2D eigenvalue weighted by Gasteiger charge is -1.99. The molecule has 11 heavy (non-hydrogen) atoms. The van der Waals surface area contributed by atoms with Crippen molar-refractivity contribution in [2.45, 2.75) is 25.7 Å². The summed E-state index contributed by atoms with van der Waals surface area (Å²) in [4.78, 5) is 0. The van der Waals surface area contributed by atoms with E-state index in [1.807, 2.05) is 0 Å². The van der Waals surface area contributed by atoms with Gasteiger partial charge in [0.15, 0.2) is 8.03 Å². The molecule has 0 aromatic rings. The van der Waals surface area contributed by atoms with E-state index in [9.17, 15) is 4.57 Å². The Balaban J connectivity index is 2.85. The monoisotopic (exact) mass is 196 g/mol. The number of hydrogen-bond acceptors (Lipinski definition) is 3. The lowest BCUT2D eigenvalue weighted by atomic mass is 10.2. The Morgan fingerprint density at radius 3 is 2.45 bits per heavy atom. The summed E-state index contributed by atoms with van der Waals surface area (Å²) in [6, 6.07) is 0. The van der Waals surface area contributed by atoms with Crippen LogP contribution in [0.5, 0.6) is 0 Å². The fourth-order valence-corrected chi connectivity index (χ4v) is 1.44. The van der Waals surface area contributed by atoms with Gasteiger partial charge in [-0.2, -0.15) is 12.6 Å². The van der Waals surface area contributed by atoms with Crippen LogP contribution in [0.4, 0.5) is 0 Å². The van der Waals surface area contributed by atoms with Gasteiger partial charge in [0.1, 0.15) is 0 Å². The molecule has 1 atom stereocenters. The Kier molecular flexibility index (Phi) is 9.06. The van der Waals surface area contributed by atoms with Crippen molar-refractivity contribution in [2.75, 3.05) is 19.0 Å². The lowest BCUT2D eigenvalue weighted by molar-refractivity contribution is 0.319. The van der Waals surface area contributed by atoms with Gasteiger partial charge in [0.2, 0.25) is 0 Å². The highest BCUT2D eigenvalue weighted by atomic mass is 32.1. The van der Waals surface area contributed by atoms with Crippen LogP contribution in [0.1, 0.15) is 25.7 Å². The van der Waals surface area contributed by atoms with Crippen LogP contribution in [0.15, 0.2) is 0 Å². The van der Waals surface area contributed by atoms with Gasteiger partial charge in [0, 0.05) is 6.66 Å². The summed E-state index contributed by atoms with van der Waals surface area (Å²) in [5.74, 6) is 0.964. The predicted molar refractivity (Wildman–Crippen MR) is 53.2 cm³/mol. The minimum Gasteiger partial charge on any atom is -0.331 e. The molecule has 4 heteroatoms. The summed E-state index contributed by atoms with van der Waals surface area (Å²) in [7, 11) is -1.69. The average molecular weight is 196 g/mol. The van der Waals surface area contributed by atoms with Crippen molar-refractivity contribution in [2.24, 2.45) is 0 Å². The van der Waals surface area contributed by atoms with Crippen LogP contribution < -0.4 is 0 Å². The first-order valence-corrected chi connectivity index (χ1v) is 6.46. The van der Waals surface area contributed by atoms with E-state index < -0.39 is 8.03 Å². The Morgan fingerprint density at radius 2 is 1.91 bits per heavy atom. The van der Waals surface area contributed by atoms with Crippen LogP contribution >= 0.6 is 20.7 Å². The van der Waals surface area contributed by atoms with Crippen LogP contribution in [0.3, 0.4) is 0 Å². The summed E-state index contributed by atoms with van der Waals surface area (Å²) in [6.07, 6.45) is 4.57. The molecular weight excluding hydrogens is 179 g/mol. The third-order valence-electron chi connectivity index (χ3n) is 1.36. The smallest absolute Gasteiger partial charge is 0.188 e. The van der Waals surface area contributed by atoms with E-state index in [0.717, 1.165) is 18.6 Å². The number of thiol groups is 1. The second-order valence-electron chi connectivity index (χ2n) is 2.48. The van der Waals surface area contributed by atoms with Gasteiger partial charge in [-0.3, -0.25) is 4.57 Å². The van der Waals surface area contributed by atoms with E-state index in [-0.39, 0.29) is 0 Å². The molecular formula is C7H17O2PS. The molecule has 2 nitrogen and oxygen atoms in total. The molecule has 0 fully saturated rings. The Hall–Kier alpha value is 0.540. The highest BCUT2D eigenvalue weighted by Crippen LogP contribution is 2.15. The largest absolute Gasteiger partial charge is 0.331 e. The summed E-state index contributed by atoms with van der Waals surface area (Å²) >= 11 is 4.10. The zero-order valence-electron chi connectivity index (χ0n) is 7.01. The van der Waals surface area contributed by atoms with Crippen LogP contribution in [0, 0.1) is 0 Å². The van der Waals surface area contributed by atoms with Crippen LogP contribution in [-0.2, 0) is 9.09 Å². The molecule has 0 saturated carbocycles. The zero-order valence-corrected chi connectivity index (χ0v) is 8.90. The number of unbranched alkanes of at least 4 members (excludes halogenated alkanes) is 3. The molecule has 0 rings (SSSR count). The molecule has 0 heterocycles. The molecule has 0 aliphatic rings. The highest BCUT2D eigenvalue weighted by molar-refractivity contribution is 7.80. The third-order valence-corrected chi connectivity index (χ3v) is 2.28. The van der Waals surface area contributed by atoms with Gasteiger partial charge in [-0.25, -0.2) is 0 Å². The van der Waals surface area contributed by atoms with Crippen LogP contribution in [0.25, 0.3) is 0 Å². The Morgan fingerprint density at radius 1 is 1.27 bits per heavy atom. The minimum absolute atomic E-state index is 0.654. The van der Waals surface area contributed by atoms with E-state index in [0.29, 0.717) is 6.61 Å². The maximum Gasteiger partial charge on any atom is 0.188 e. The standard InChI is InChI=1S/C7H17O2PS/c1-10(8)9-6-4-2-3-5-7-11/h10-11H,2-7H2,1H3. The average Bonchev–Trinajstić information content (AvgIpc) is 1.96. The van der Waals surface area contributed by atoms with Gasteiger partial charge < -0.3 is 4.52 Å². The molecule has 0 aliphatic carbocycles. The lowest BCUT2D eigenvalue weighted by Crippen LogP contribution is -1.87. The molecule has 0 amide bonds. The van der Waals surface area contributed by atoms with Crippen molar-refractivity contribution in [1.82, 2.24) is 0 Å². The van der Waals surface area contributed by atoms with E-state index in [1.54, 1.807) is 6.66 Å². The van der Waals surface area contributed by atoms with Crippen molar-refractivity contribution < 1.29 is 9.09 Å². The van der Waals surface area contributed by atoms with E-state index in [2.05, 4.69) is 12.6 Å². The molecule has 0 aliphatic heterocycles. The fourth-order valence-electron chi connectivity index (χ4n) is 0.783. The maximum atomic E-state index is 10.5. The summed E-state index contributed by atoms with van der Waals surface area (Å²) in [5.41, 5.74) is 0. The van der Waals surface area contributed by atoms with Gasteiger partial charge in [0.05, 0.1) is 6.61 Å². The van der Waals surface area contributed by atoms with Gasteiger partial charge in [-0.15, -0.1) is 0 Å². The molecule has 0 radical (unpaired) electrons. The first-order valence-electron chi connectivity index (χ1n) is 4.01. The quantitative estimate of drug-likeness (QED) is 0.385. The topological polar surface area (TPSA) is 26.3 Å². The third kappa shape index (κ3) is 10.5. The first kappa shape index (κ1) is 11.5. The van der Waals surface area contributed by atoms with Crippen molar-refractivity contribution >= 4 is 20.7 Å². The molecule has 1 unspecified atom stereocenters. The molecule has 0 N–H and O–H groups in total. The predicted octanol–water partition coefficient (Wildman–Crippen LogP) is 2.60. The number of hydrogen-bond donors (Lipinski definition) is 1. The van der Waals surface area contributed by atoms with Crippen LogP contribution in [0.2, 0.25) is 0 Å². The van der Waals surface area contributed by atoms with Crippen molar-refractivity contribution in [3.63, 3.8) is 0 Å². The van der Waals surface area contributed by atoms with E-state index in [1.165, 1.54) is 12.8 Å². The first-order chi connectivity index (χ1) is 5.27. The molecule has 0 spiro atoms. The molecule has 0 saturated heterocycles. The minimum atomic E-state index is -1.69. The van der Waals surface area contributed by atoms with E-state index >= 15 is 0 Å². The van der Waals surface area contributed by atoms with Crippen molar-refractivity contribution in [1.29, 1.82) is 0 Å². The highest BCUT2D eigenvalue weighted by Gasteiger charge is 1.91. The van der Waals surface area contributed by atoms with Gasteiger partial charge in [-0.05, 0) is 18.6 Å².